The van der Waals surface area contributed by atoms with Crippen LogP contribution in [-0.4, -0.2) is 70.4 Å². The number of aromatic nitrogens is 2. The van der Waals surface area contributed by atoms with E-state index in [1.807, 2.05) is 36.4 Å². The number of ketones is 1. The summed E-state index contributed by atoms with van der Waals surface area (Å²) in [6, 6.07) is 15.7. The number of amides is 1. The average Bonchev–Trinajstić information content (AvgIpc) is 3.19. The van der Waals surface area contributed by atoms with Gasteiger partial charge in [0.15, 0.2) is 5.78 Å². The number of fused-ring (bicyclic) bond motifs is 1. The molecule has 8 nitrogen and oxygen atoms in total. The molecule has 1 aliphatic heterocycles. The number of primary amides is 1. The van der Waals surface area contributed by atoms with Gasteiger partial charge in [-0.05, 0) is 30.2 Å². The van der Waals surface area contributed by atoms with Crippen molar-refractivity contribution in [2.75, 3.05) is 33.3 Å². The Labute approximate surface area is 206 Å². The summed E-state index contributed by atoms with van der Waals surface area (Å²) >= 11 is 0. The zero-order valence-electron chi connectivity index (χ0n) is 20.8. The monoisotopic (exact) mass is 477 g/mol. The van der Waals surface area contributed by atoms with Crippen molar-refractivity contribution in [2.45, 2.75) is 39.4 Å². The van der Waals surface area contributed by atoms with Crippen molar-refractivity contribution in [2.24, 2.45) is 11.7 Å². The fraction of sp³-hybridized carbons (Fsp3) is 0.444. The number of benzene rings is 2. The van der Waals surface area contributed by atoms with Gasteiger partial charge in [0, 0.05) is 44.2 Å². The Balaban J connectivity index is 1.54. The standard InChI is InChI=1S/C27H35N5O3/c1-19(2)24-16-30(17-26(28)34)13-14-31(24)18-27-29-22-9-4-5-10-23(22)32(27)12-11-25(33)20-7-6-8-21(15-20)35-3/h4-10,15,19,24H,11-14,16-18H2,1-3H3,(H2,28,34). The predicted octanol–water partition coefficient (Wildman–Crippen LogP) is 2.95. The van der Waals surface area contributed by atoms with Crippen LogP contribution in [0.15, 0.2) is 48.5 Å². The zero-order valence-corrected chi connectivity index (χ0v) is 20.8. The molecule has 0 aliphatic carbocycles. The minimum Gasteiger partial charge on any atom is -0.497 e. The largest absolute Gasteiger partial charge is 0.497 e. The number of methoxy groups -OCH3 is 1. The van der Waals surface area contributed by atoms with Gasteiger partial charge in [0.1, 0.15) is 11.6 Å². The zero-order chi connectivity index (χ0) is 24.9. The van der Waals surface area contributed by atoms with E-state index in [2.05, 4.69) is 34.3 Å². The van der Waals surface area contributed by atoms with Crippen molar-refractivity contribution in [3.63, 3.8) is 0 Å². The maximum absolute atomic E-state index is 13.0. The summed E-state index contributed by atoms with van der Waals surface area (Å²) in [5.41, 5.74) is 8.06. The highest BCUT2D eigenvalue weighted by molar-refractivity contribution is 5.96. The first-order valence-corrected chi connectivity index (χ1v) is 12.2. The lowest BCUT2D eigenvalue weighted by molar-refractivity contribution is -0.120. The maximum atomic E-state index is 13.0. The highest BCUT2D eigenvalue weighted by atomic mass is 16.5. The van der Waals surface area contributed by atoms with Gasteiger partial charge in [0.2, 0.25) is 5.91 Å². The number of nitrogens with zero attached hydrogens (tertiary/aromatic N) is 4. The molecule has 186 valence electrons. The van der Waals surface area contributed by atoms with Gasteiger partial charge in [-0.3, -0.25) is 19.4 Å². The van der Waals surface area contributed by atoms with E-state index in [9.17, 15) is 9.59 Å². The van der Waals surface area contributed by atoms with E-state index in [1.165, 1.54) is 0 Å². The molecular formula is C27H35N5O3. The smallest absolute Gasteiger partial charge is 0.231 e. The molecular weight excluding hydrogens is 442 g/mol. The maximum Gasteiger partial charge on any atom is 0.231 e. The van der Waals surface area contributed by atoms with Crippen LogP contribution in [0.25, 0.3) is 11.0 Å². The third-order valence-electron chi connectivity index (χ3n) is 6.80. The number of piperazine rings is 1. The van der Waals surface area contributed by atoms with Gasteiger partial charge in [0.25, 0.3) is 0 Å². The minimum atomic E-state index is -0.288. The second-order valence-electron chi connectivity index (χ2n) is 9.56. The molecule has 0 radical (unpaired) electrons. The number of aryl methyl sites for hydroxylation is 1. The summed E-state index contributed by atoms with van der Waals surface area (Å²) in [5, 5.41) is 0. The molecule has 1 amide bonds. The van der Waals surface area contributed by atoms with Gasteiger partial charge >= 0.3 is 0 Å². The van der Waals surface area contributed by atoms with Crippen LogP contribution in [-0.2, 0) is 17.9 Å². The van der Waals surface area contributed by atoms with Crippen LogP contribution in [0.4, 0.5) is 0 Å². The van der Waals surface area contributed by atoms with E-state index in [4.69, 9.17) is 15.5 Å². The number of rotatable bonds is 10. The molecule has 1 aromatic heterocycles. The summed E-state index contributed by atoms with van der Waals surface area (Å²) in [4.78, 5) is 33.9. The molecule has 4 rings (SSSR count). The lowest BCUT2D eigenvalue weighted by Gasteiger charge is -2.43. The Morgan fingerprint density at radius 1 is 1.14 bits per heavy atom. The molecule has 2 N–H and O–H groups in total. The number of para-hydroxylation sites is 2. The molecule has 1 fully saturated rings. The van der Waals surface area contributed by atoms with Crippen LogP contribution in [0.2, 0.25) is 0 Å². The average molecular weight is 478 g/mol. The first kappa shape index (κ1) is 24.9. The van der Waals surface area contributed by atoms with Crippen LogP contribution in [0.1, 0.15) is 36.5 Å². The van der Waals surface area contributed by atoms with Crippen molar-refractivity contribution in [1.82, 2.24) is 19.4 Å². The number of hydrogen-bond donors (Lipinski definition) is 1. The molecule has 3 aromatic rings. The summed E-state index contributed by atoms with van der Waals surface area (Å²) in [6.45, 7) is 8.39. The summed E-state index contributed by atoms with van der Waals surface area (Å²) < 4.78 is 7.45. The van der Waals surface area contributed by atoms with Gasteiger partial charge in [-0.25, -0.2) is 4.98 Å². The Hall–Kier alpha value is -3.23. The fourth-order valence-corrected chi connectivity index (χ4v) is 4.93. The molecule has 8 heteroatoms. The van der Waals surface area contributed by atoms with Gasteiger partial charge in [-0.2, -0.15) is 0 Å². The third kappa shape index (κ3) is 5.89. The molecule has 2 aromatic carbocycles. The molecule has 0 spiro atoms. The van der Waals surface area contributed by atoms with E-state index < -0.39 is 0 Å². The van der Waals surface area contributed by atoms with Crippen molar-refractivity contribution >= 4 is 22.7 Å². The van der Waals surface area contributed by atoms with E-state index >= 15 is 0 Å². The quantitative estimate of drug-likeness (QED) is 0.451. The van der Waals surface area contributed by atoms with E-state index in [-0.39, 0.29) is 17.7 Å². The van der Waals surface area contributed by atoms with Crippen molar-refractivity contribution in [3.8, 4) is 5.75 Å². The second kappa shape index (κ2) is 11.0. The lowest BCUT2D eigenvalue weighted by atomic mass is 9.99. The SMILES string of the molecule is COc1cccc(C(=O)CCn2c(CN3CCN(CC(N)=O)CC3C(C)C)nc3ccccc32)c1. The van der Waals surface area contributed by atoms with E-state index in [0.29, 0.717) is 43.3 Å². The molecule has 1 saturated heterocycles. The van der Waals surface area contributed by atoms with E-state index in [0.717, 1.165) is 36.5 Å². The van der Waals surface area contributed by atoms with Crippen LogP contribution < -0.4 is 10.5 Å². The third-order valence-corrected chi connectivity index (χ3v) is 6.80. The van der Waals surface area contributed by atoms with Gasteiger partial charge < -0.3 is 15.0 Å². The number of hydrogen-bond acceptors (Lipinski definition) is 6. The number of carbonyl (C=O) groups is 2. The van der Waals surface area contributed by atoms with Crippen LogP contribution >= 0.6 is 0 Å². The number of ether oxygens (including phenoxy) is 1. The fourth-order valence-electron chi connectivity index (χ4n) is 4.93. The van der Waals surface area contributed by atoms with E-state index in [1.54, 1.807) is 13.2 Å². The molecule has 35 heavy (non-hydrogen) atoms. The first-order chi connectivity index (χ1) is 16.9. The Bertz CT molecular complexity index is 1190. The summed E-state index contributed by atoms with van der Waals surface area (Å²) in [6.07, 6.45) is 0.376. The molecule has 0 bridgehead atoms. The van der Waals surface area contributed by atoms with Crippen molar-refractivity contribution in [3.05, 3.63) is 59.9 Å². The van der Waals surface area contributed by atoms with Crippen molar-refractivity contribution < 1.29 is 14.3 Å². The molecule has 1 unspecified atom stereocenters. The highest BCUT2D eigenvalue weighted by Crippen LogP contribution is 2.23. The molecule has 2 heterocycles. The van der Waals surface area contributed by atoms with Crippen molar-refractivity contribution in [1.29, 1.82) is 0 Å². The Kier molecular flexibility index (Phi) is 7.83. The Morgan fingerprint density at radius 2 is 1.94 bits per heavy atom. The van der Waals surface area contributed by atoms with Crippen LogP contribution in [0.3, 0.4) is 0 Å². The number of imidazole rings is 1. The van der Waals surface area contributed by atoms with Gasteiger partial charge in [-0.15, -0.1) is 0 Å². The molecule has 0 saturated carbocycles. The van der Waals surface area contributed by atoms with Gasteiger partial charge in [-0.1, -0.05) is 38.1 Å². The minimum absolute atomic E-state index is 0.0766. The van der Waals surface area contributed by atoms with Crippen LogP contribution in [0, 0.1) is 5.92 Å². The Morgan fingerprint density at radius 3 is 2.69 bits per heavy atom. The molecule has 1 atom stereocenters. The van der Waals surface area contributed by atoms with Gasteiger partial charge in [0.05, 0.1) is 31.2 Å². The highest BCUT2D eigenvalue weighted by Gasteiger charge is 2.31. The summed E-state index contributed by atoms with van der Waals surface area (Å²) in [5.74, 6) is 1.84. The number of carbonyl (C=O) groups excluding carboxylic acids is 2. The first-order valence-electron chi connectivity index (χ1n) is 12.2. The van der Waals surface area contributed by atoms with Crippen LogP contribution in [0.5, 0.6) is 5.75 Å². The number of Topliss-reactive ketones (excluding diaryl/α,β-unsaturated/α-hetero) is 1. The topological polar surface area (TPSA) is 93.7 Å². The second-order valence-corrected chi connectivity index (χ2v) is 9.56. The molecule has 1 aliphatic rings. The predicted molar refractivity (Wildman–Crippen MR) is 136 cm³/mol. The number of nitrogens with two attached hydrogens (primary N) is 1. The summed E-state index contributed by atoms with van der Waals surface area (Å²) in [7, 11) is 1.60. The normalized spacial score (nSPS) is 17.2. The lowest BCUT2D eigenvalue weighted by Crippen LogP contribution is -2.56.